The molecule has 1 saturated heterocycles. The maximum atomic E-state index is 13.7. The van der Waals surface area contributed by atoms with E-state index in [4.69, 9.17) is 5.11 Å². The first kappa shape index (κ1) is 13.0. The number of carbonyl (C=O) groups is 1. The fraction of sp³-hybridized carbons (Fsp3) is 0.500. The van der Waals surface area contributed by atoms with Crippen molar-refractivity contribution in [1.82, 2.24) is 4.90 Å². The second kappa shape index (κ2) is 5.48. The predicted molar refractivity (Wildman–Crippen MR) is 66.7 cm³/mol. The van der Waals surface area contributed by atoms with Crippen molar-refractivity contribution in [3.8, 4) is 0 Å². The topological polar surface area (TPSA) is 40.5 Å². The Morgan fingerprint density at radius 1 is 1.56 bits per heavy atom. The Bertz CT molecular complexity index is 436. The molecule has 2 rings (SSSR count). The summed E-state index contributed by atoms with van der Waals surface area (Å²) in [6.45, 7) is 3.55. The van der Waals surface area contributed by atoms with E-state index in [-0.39, 0.29) is 24.2 Å². The van der Waals surface area contributed by atoms with Gasteiger partial charge >= 0.3 is 5.97 Å². The van der Waals surface area contributed by atoms with Crippen LogP contribution in [0.4, 0.5) is 4.39 Å². The van der Waals surface area contributed by atoms with Gasteiger partial charge < -0.3 is 5.11 Å². The molecular weight excluding hydrogens is 233 g/mol. The Morgan fingerprint density at radius 2 is 2.28 bits per heavy atom. The van der Waals surface area contributed by atoms with Crippen LogP contribution < -0.4 is 0 Å². The normalized spacial score (nSPS) is 22.0. The highest BCUT2D eigenvalue weighted by molar-refractivity contribution is 5.67. The Hall–Kier alpha value is -1.42. The van der Waals surface area contributed by atoms with Gasteiger partial charge in [0, 0.05) is 24.6 Å². The van der Waals surface area contributed by atoms with E-state index in [1.165, 1.54) is 6.07 Å². The molecule has 3 nitrogen and oxygen atoms in total. The van der Waals surface area contributed by atoms with E-state index < -0.39 is 5.97 Å². The van der Waals surface area contributed by atoms with Crippen molar-refractivity contribution in [3.05, 3.63) is 35.6 Å². The zero-order chi connectivity index (χ0) is 13.1. The van der Waals surface area contributed by atoms with Crippen molar-refractivity contribution >= 4 is 5.97 Å². The van der Waals surface area contributed by atoms with Crippen molar-refractivity contribution < 1.29 is 14.3 Å². The summed E-state index contributed by atoms with van der Waals surface area (Å²) in [5.74, 6) is -0.746. The summed E-state index contributed by atoms with van der Waals surface area (Å²) < 4.78 is 13.7. The van der Waals surface area contributed by atoms with Gasteiger partial charge in [-0.15, -0.1) is 0 Å². The maximum Gasteiger partial charge on any atom is 0.303 e. The maximum absolute atomic E-state index is 13.7. The van der Waals surface area contributed by atoms with Crippen LogP contribution in [0.25, 0.3) is 0 Å². The third-order valence-corrected chi connectivity index (χ3v) is 3.68. The van der Waals surface area contributed by atoms with Gasteiger partial charge in [-0.25, -0.2) is 4.39 Å². The van der Waals surface area contributed by atoms with Crippen LogP contribution in [-0.2, 0) is 4.79 Å². The molecule has 0 radical (unpaired) electrons. The molecule has 0 spiro atoms. The van der Waals surface area contributed by atoms with Gasteiger partial charge in [0.25, 0.3) is 0 Å². The number of carboxylic acid groups (broad SMARTS) is 1. The van der Waals surface area contributed by atoms with Gasteiger partial charge in [-0.1, -0.05) is 18.2 Å². The smallest absolute Gasteiger partial charge is 0.303 e. The Labute approximate surface area is 106 Å². The molecule has 1 aliphatic heterocycles. The molecule has 2 atom stereocenters. The fourth-order valence-electron chi connectivity index (χ4n) is 2.64. The van der Waals surface area contributed by atoms with Crippen molar-refractivity contribution in [2.75, 3.05) is 13.1 Å². The SMILES string of the molecule is CC(c1ccccc1F)N1CCC(CC(=O)O)C1. The highest BCUT2D eigenvalue weighted by Crippen LogP contribution is 2.29. The molecule has 18 heavy (non-hydrogen) atoms. The van der Waals surface area contributed by atoms with Crippen molar-refractivity contribution in [1.29, 1.82) is 0 Å². The van der Waals surface area contributed by atoms with Crippen molar-refractivity contribution in [2.24, 2.45) is 5.92 Å². The lowest BCUT2D eigenvalue weighted by Gasteiger charge is -2.25. The second-order valence-electron chi connectivity index (χ2n) is 4.94. The molecule has 1 N–H and O–H groups in total. The molecular formula is C14H18FNO2. The molecule has 1 aromatic carbocycles. The number of hydrogen-bond acceptors (Lipinski definition) is 2. The lowest BCUT2D eigenvalue weighted by atomic mass is 10.0. The van der Waals surface area contributed by atoms with Crippen LogP contribution in [0.1, 0.15) is 31.4 Å². The van der Waals surface area contributed by atoms with Crippen LogP contribution in [0.15, 0.2) is 24.3 Å². The summed E-state index contributed by atoms with van der Waals surface area (Å²) in [5, 5.41) is 8.78. The number of halogens is 1. The number of likely N-dealkylation sites (tertiary alicyclic amines) is 1. The van der Waals surface area contributed by atoms with Crippen LogP contribution in [0.3, 0.4) is 0 Å². The highest BCUT2D eigenvalue weighted by atomic mass is 19.1. The monoisotopic (exact) mass is 251 g/mol. The number of benzene rings is 1. The van der Waals surface area contributed by atoms with Gasteiger partial charge in [-0.2, -0.15) is 0 Å². The molecule has 0 aromatic heterocycles. The van der Waals surface area contributed by atoms with Gasteiger partial charge in [0.15, 0.2) is 0 Å². The zero-order valence-corrected chi connectivity index (χ0v) is 10.5. The average molecular weight is 251 g/mol. The second-order valence-corrected chi connectivity index (χ2v) is 4.94. The summed E-state index contributed by atoms with van der Waals surface area (Å²) in [4.78, 5) is 12.8. The van der Waals surface area contributed by atoms with Crippen molar-refractivity contribution in [2.45, 2.75) is 25.8 Å². The first-order valence-electron chi connectivity index (χ1n) is 6.28. The molecule has 4 heteroatoms. The van der Waals surface area contributed by atoms with E-state index in [0.29, 0.717) is 5.56 Å². The molecule has 98 valence electrons. The number of rotatable bonds is 4. The molecule has 0 amide bonds. The molecule has 1 aromatic rings. The summed E-state index contributed by atoms with van der Waals surface area (Å²) in [6.07, 6.45) is 1.09. The predicted octanol–water partition coefficient (Wildman–Crippen LogP) is 2.68. The number of nitrogens with zero attached hydrogens (tertiary/aromatic N) is 1. The lowest BCUT2D eigenvalue weighted by Crippen LogP contribution is -2.25. The van der Waals surface area contributed by atoms with E-state index in [1.54, 1.807) is 12.1 Å². The first-order valence-corrected chi connectivity index (χ1v) is 6.28. The van der Waals surface area contributed by atoms with E-state index >= 15 is 0 Å². The lowest BCUT2D eigenvalue weighted by molar-refractivity contribution is -0.138. The Balaban J connectivity index is 2.01. The molecule has 1 heterocycles. The number of aliphatic carboxylic acids is 1. The highest BCUT2D eigenvalue weighted by Gasteiger charge is 2.28. The molecule has 0 bridgehead atoms. The summed E-state index contributed by atoms with van der Waals surface area (Å²) in [7, 11) is 0. The molecule has 1 fully saturated rings. The third-order valence-electron chi connectivity index (χ3n) is 3.68. The third kappa shape index (κ3) is 2.88. The zero-order valence-electron chi connectivity index (χ0n) is 10.5. The van der Waals surface area contributed by atoms with Gasteiger partial charge in [0.1, 0.15) is 5.82 Å². The standard InChI is InChI=1S/C14H18FNO2/c1-10(12-4-2-3-5-13(12)15)16-7-6-11(9-16)8-14(17)18/h2-5,10-11H,6-9H2,1H3,(H,17,18). The van der Waals surface area contributed by atoms with E-state index in [0.717, 1.165) is 19.5 Å². The molecule has 1 aliphatic rings. The summed E-state index contributed by atoms with van der Waals surface area (Å²) in [6, 6.07) is 6.79. The number of carboxylic acids is 1. The van der Waals surface area contributed by atoms with Gasteiger partial charge in [-0.05, 0) is 31.9 Å². The molecule has 2 unspecified atom stereocenters. The quantitative estimate of drug-likeness (QED) is 0.894. The van der Waals surface area contributed by atoms with Gasteiger partial charge in [0.05, 0.1) is 0 Å². The fourth-order valence-corrected chi connectivity index (χ4v) is 2.64. The van der Waals surface area contributed by atoms with Gasteiger partial charge in [-0.3, -0.25) is 9.69 Å². The minimum Gasteiger partial charge on any atom is -0.481 e. The number of hydrogen-bond donors (Lipinski definition) is 1. The minimum absolute atomic E-state index is 0.00462. The van der Waals surface area contributed by atoms with Crippen molar-refractivity contribution in [3.63, 3.8) is 0 Å². The molecule has 0 aliphatic carbocycles. The minimum atomic E-state index is -0.750. The van der Waals surface area contributed by atoms with Crippen LogP contribution in [0.5, 0.6) is 0 Å². The van der Waals surface area contributed by atoms with Gasteiger partial charge in [0.2, 0.25) is 0 Å². The van der Waals surface area contributed by atoms with Crippen LogP contribution in [0.2, 0.25) is 0 Å². The Morgan fingerprint density at radius 3 is 2.94 bits per heavy atom. The average Bonchev–Trinajstić information content (AvgIpc) is 2.76. The van der Waals surface area contributed by atoms with Crippen LogP contribution in [-0.4, -0.2) is 29.1 Å². The largest absolute Gasteiger partial charge is 0.481 e. The van der Waals surface area contributed by atoms with E-state index in [9.17, 15) is 9.18 Å². The van der Waals surface area contributed by atoms with Crippen LogP contribution in [0, 0.1) is 11.7 Å². The molecule has 0 saturated carbocycles. The first-order chi connectivity index (χ1) is 8.58. The van der Waals surface area contributed by atoms with Crippen LogP contribution >= 0.6 is 0 Å². The van der Waals surface area contributed by atoms with E-state index in [2.05, 4.69) is 4.90 Å². The summed E-state index contributed by atoms with van der Waals surface area (Å²) >= 11 is 0. The van der Waals surface area contributed by atoms with E-state index in [1.807, 2.05) is 13.0 Å². The summed E-state index contributed by atoms with van der Waals surface area (Å²) in [5.41, 5.74) is 0.688. The Kier molecular flexibility index (Phi) is 3.97.